The van der Waals surface area contributed by atoms with Gasteiger partial charge in [0, 0.05) is 27.5 Å². The van der Waals surface area contributed by atoms with Crippen LogP contribution in [0.3, 0.4) is 0 Å². The van der Waals surface area contributed by atoms with E-state index in [1.165, 1.54) is 21.5 Å². The summed E-state index contributed by atoms with van der Waals surface area (Å²) in [6.07, 6.45) is 0. The SMILES string of the molecule is c1ccc(-c2cccc(-c3nc(-c4ccccc4)nc(-c4cc5ccccc5cc4-n4c5ccccc5c5cc6ccccc6cc54)n3)c2)cc1. The maximum atomic E-state index is 5.29. The molecule has 0 saturated carbocycles. The molecule has 0 fully saturated rings. The Kier molecular flexibility index (Phi) is 6.78. The van der Waals surface area contributed by atoms with E-state index in [2.05, 4.69) is 162 Å². The zero-order valence-electron chi connectivity index (χ0n) is 27.6. The second-order valence-corrected chi connectivity index (χ2v) is 12.9. The van der Waals surface area contributed by atoms with Crippen molar-refractivity contribution in [2.75, 3.05) is 0 Å². The average molecular weight is 651 g/mol. The number of nitrogens with zero attached hydrogens (tertiary/aromatic N) is 4. The van der Waals surface area contributed by atoms with E-state index < -0.39 is 0 Å². The molecular formula is C47H30N4. The van der Waals surface area contributed by atoms with Gasteiger partial charge < -0.3 is 4.57 Å². The van der Waals surface area contributed by atoms with Crippen molar-refractivity contribution >= 4 is 43.4 Å². The Balaban J connectivity index is 1.28. The molecule has 0 atom stereocenters. The van der Waals surface area contributed by atoms with Crippen LogP contribution in [-0.2, 0) is 0 Å². The van der Waals surface area contributed by atoms with E-state index in [4.69, 9.17) is 15.0 Å². The fourth-order valence-electron chi connectivity index (χ4n) is 7.32. The summed E-state index contributed by atoms with van der Waals surface area (Å²) in [4.78, 5) is 15.6. The van der Waals surface area contributed by atoms with E-state index in [1.807, 2.05) is 24.3 Å². The van der Waals surface area contributed by atoms with E-state index in [0.29, 0.717) is 17.5 Å². The molecule has 0 spiro atoms. The Bertz CT molecular complexity index is 2910. The van der Waals surface area contributed by atoms with Crippen molar-refractivity contribution in [3.63, 3.8) is 0 Å². The monoisotopic (exact) mass is 650 g/mol. The van der Waals surface area contributed by atoms with Crippen LogP contribution in [0.1, 0.15) is 0 Å². The van der Waals surface area contributed by atoms with Crippen molar-refractivity contribution in [3.05, 3.63) is 182 Å². The van der Waals surface area contributed by atoms with Gasteiger partial charge in [0.25, 0.3) is 0 Å². The second-order valence-electron chi connectivity index (χ2n) is 12.9. The zero-order chi connectivity index (χ0) is 33.7. The molecule has 0 unspecified atom stereocenters. The molecular weight excluding hydrogens is 621 g/mol. The summed E-state index contributed by atoms with van der Waals surface area (Å²) in [5.74, 6) is 1.88. The maximum Gasteiger partial charge on any atom is 0.166 e. The number of fused-ring (bicyclic) bond motifs is 5. The van der Waals surface area contributed by atoms with Gasteiger partial charge in [-0.15, -0.1) is 0 Å². The predicted octanol–water partition coefficient (Wildman–Crippen LogP) is 11.9. The van der Waals surface area contributed by atoms with Crippen molar-refractivity contribution in [1.29, 1.82) is 0 Å². The fraction of sp³-hybridized carbons (Fsp3) is 0. The van der Waals surface area contributed by atoms with Crippen LogP contribution in [0.25, 0.3) is 94.3 Å². The van der Waals surface area contributed by atoms with Crippen LogP contribution < -0.4 is 0 Å². The van der Waals surface area contributed by atoms with Gasteiger partial charge in [-0.2, -0.15) is 0 Å². The van der Waals surface area contributed by atoms with Gasteiger partial charge in [0.15, 0.2) is 17.5 Å². The molecule has 0 aliphatic carbocycles. The van der Waals surface area contributed by atoms with Crippen LogP contribution >= 0.6 is 0 Å². The molecule has 10 aromatic rings. The highest BCUT2D eigenvalue weighted by Gasteiger charge is 2.21. The fourth-order valence-corrected chi connectivity index (χ4v) is 7.32. The quantitative estimate of drug-likeness (QED) is 0.186. The molecule has 0 aliphatic heterocycles. The lowest BCUT2D eigenvalue weighted by molar-refractivity contribution is 1.07. The van der Waals surface area contributed by atoms with Gasteiger partial charge in [0.2, 0.25) is 0 Å². The highest BCUT2D eigenvalue weighted by molar-refractivity contribution is 6.14. The molecule has 4 nitrogen and oxygen atoms in total. The minimum absolute atomic E-state index is 0.622. The summed E-state index contributed by atoms with van der Waals surface area (Å²) in [7, 11) is 0. The highest BCUT2D eigenvalue weighted by Crippen LogP contribution is 2.39. The Morgan fingerprint density at radius 2 is 0.843 bits per heavy atom. The molecule has 51 heavy (non-hydrogen) atoms. The van der Waals surface area contributed by atoms with E-state index in [9.17, 15) is 0 Å². The predicted molar refractivity (Wildman–Crippen MR) is 211 cm³/mol. The number of rotatable bonds is 5. The van der Waals surface area contributed by atoms with Gasteiger partial charge >= 0.3 is 0 Å². The molecule has 2 aromatic heterocycles. The number of para-hydroxylation sites is 1. The van der Waals surface area contributed by atoms with Crippen molar-refractivity contribution in [1.82, 2.24) is 19.5 Å². The summed E-state index contributed by atoms with van der Waals surface area (Å²) in [6.45, 7) is 0. The van der Waals surface area contributed by atoms with Crippen LogP contribution in [0.4, 0.5) is 0 Å². The molecule has 0 aliphatic rings. The Hall–Kier alpha value is -6.91. The average Bonchev–Trinajstić information content (AvgIpc) is 3.53. The van der Waals surface area contributed by atoms with E-state index in [-0.39, 0.29) is 0 Å². The maximum absolute atomic E-state index is 5.29. The first-order valence-electron chi connectivity index (χ1n) is 17.2. The number of hydrogen-bond donors (Lipinski definition) is 0. The molecule has 0 amide bonds. The first-order chi connectivity index (χ1) is 25.3. The molecule has 0 N–H and O–H groups in total. The third-order valence-corrected chi connectivity index (χ3v) is 9.78. The molecule has 8 aromatic carbocycles. The Morgan fingerprint density at radius 3 is 1.59 bits per heavy atom. The van der Waals surface area contributed by atoms with Crippen LogP contribution in [-0.4, -0.2) is 19.5 Å². The molecule has 0 radical (unpaired) electrons. The van der Waals surface area contributed by atoms with Crippen LogP contribution in [0.2, 0.25) is 0 Å². The minimum Gasteiger partial charge on any atom is -0.308 e. The lowest BCUT2D eigenvalue weighted by Crippen LogP contribution is -2.04. The normalized spacial score (nSPS) is 11.5. The van der Waals surface area contributed by atoms with E-state index >= 15 is 0 Å². The third-order valence-electron chi connectivity index (χ3n) is 9.78. The van der Waals surface area contributed by atoms with Gasteiger partial charge in [-0.25, -0.2) is 15.0 Å². The van der Waals surface area contributed by atoms with Gasteiger partial charge in [-0.3, -0.25) is 0 Å². The molecule has 10 rings (SSSR count). The lowest BCUT2D eigenvalue weighted by atomic mass is 10.0. The Labute approximate surface area is 295 Å². The largest absolute Gasteiger partial charge is 0.308 e. The summed E-state index contributed by atoms with van der Waals surface area (Å²) >= 11 is 0. The van der Waals surface area contributed by atoms with E-state index in [1.54, 1.807) is 0 Å². The minimum atomic E-state index is 0.622. The van der Waals surface area contributed by atoms with Crippen LogP contribution in [0, 0.1) is 0 Å². The van der Waals surface area contributed by atoms with E-state index in [0.717, 1.165) is 55.3 Å². The first kappa shape index (κ1) is 29.0. The second kappa shape index (κ2) is 11.9. The first-order valence-corrected chi connectivity index (χ1v) is 17.2. The molecule has 0 bridgehead atoms. The van der Waals surface area contributed by atoms with Gasteiger partial charge in [-0.1, -0.05) is 146 Å². The molecule has 0 saturated heterocycles. The van der Waals surface area contributed by atoms with Crippen LogP contribution in [0.15, 0.2) is 182 Å². The number of aromatic nitrogens is 4. The van der Waals surface area contributed by atoms with Gasteiger partial charge in [0.1, 0.15) is 0 Å². The van der Waals surface area contributed by atoms with Crippen molar-refractivity contribution in [3.8, 4) is 51.0 Å². The van der Waals surface area contributed by atoms with Gasteiger partial charge in [0.05, 0.1) is 16.7 Å². The van der Waals surface area contributed by atoms with Crippen molar-refractivity contribution in [2.45, 2.75) is 0 Å². The highest BCUT2D eigenvalue weighted by atomic mass is 15.1. The Morgan fingerprint density at radius 1 is 0.314 bits per heavy atom. The third kappa shape index (κ3) is 5.04. The smallest absolute Gasteiger partial charge is 0.166 e. The number of hydrogen-bond acceptors (Lipinski definition) is 3. The summed E-state index contributed by atoms with van der Waals surface area (Å²) in [5.41, 5.74) is 8.35. The zero-order valence-corrected chi connectivity index (χ0v) is 27.6. The topological polar surface area (TPSA) is 43.6 Å². The summed E-state index contributed by atoms with van der Waals surface area (Å²) in [6, 6.07) is 64.0. The molecule has 238 valence electrons. The van der Waals surface area contributed by atoms with Crippen molar-refractivity contribution < 1.29 is 0 Å². The lowest BCUT2D eigenvalue weighted by Gasteiger charge is -2.16. The molecule has 2 heterocycles. The van der Waals surface area contributed by atoms with Crippen molar-refractivity contribution in [2.24, 2.45) is 0 Å². The summed E-state index contributed by atoms with van der Waals surface area (Å²) in [5, 5.41) is 7.11. The number of benzene rings is 8. The van der Waals surface area contributed by atoms with Crippen LogP contribution in [0.5, 0.6) is 0 Å². The molecule has 4 heteroatoms. The summed E-state index contributed by atoms with van der Waals surface area (Å²) < 4.78 is 2.39. The van der Waals surface area contributed by atoms with Gasteiger partial charge in [-0.05, 0) is 69.1 Å². The standard InChI is InChI=1S/C47H30N4/c1-3-14-31(15-4-1)33-22-13-23-38(26-33)46-48-45(32-16-5-2-6-17-32)49-47(50-46)41-28-35-19-8-10-21-37(35)30-44(41)51-42-25-12-11-24-39(42)40-27-34-18-7-9-20-36(34)29-43(40)51/h1-30H.